The molecule has 0 bridgehead atoms. The van der Waals surface area contributed by atoms with E-state index < -0.39 is 0 Å². The highest BCUT2D eigenvalue weighted by molar-refractivity contribution is 14.0. The number of ether oxygens (including phenoxy) is 1. The molecule has 0 aromatic heterocycles. The van der Waals surface area contributed by atoms with Crippen LogP contribution in [0.2, 0.25) is 0 Å². The molecule has 0 spiro atoms. The summed E-state index contributed by atoms with van der Waals surface area (Å²) in [7, 11) is 0. The molecule has 0 atom stereocenters. The predicted octanol–water partition coefficient (Wildman–Crippen LogP) is 1.92. The average Bonchev–Trinajstić information content (AvgIpc) is 2.31. The first-order valence-corrected chi connectivity index (χ1v) is 6.14. The number of nitrogens with zero attached hydrogens (tertiary/aromatic N) is 1. The third-order valence-corrected chi connectivity index (χ3v) is 2.45. The van der Waals surface area contributed by atoms with E-state index in [0.717, 1.165) is 51.6 Å². The minimum absolute atomic E-state index is 0. The second kappa shape index (κ2) is 10.8. The highest BCUT2D eigenvalue weighted by Crippen LogP contribution is 2.11. The Morgan fingerprint density at radius 2 is 2.06 bits per heavy atom. The summed E-state index contributed by atoms with van der Waals surface area (Å²) in [4.78, 5) is 4.51. The van der Waals surface area contributed by atoms with Crippen LogP contribution in [0.5, 0.6) is 0 Å². The maximum absolute atomic E-state index is 5.27. The van der Waals surface area contributed by atoms with Gasteiger partial charge in [0.05, 0.1) is 13.2 Å². The van der Waals surface area contributed by atoms with Gasteiger partial charge >= 0.3 is 0 Å². The van der Waals surface area contributed by atoms with Gasteiger partial charge in [0.15, 0.2) is 5.96 Å². The van der Waals surface area contributed by atoms with Gasteiger partial charge in [-0.3, -0.25) is 4.99 Å². The summed E-state index contributed by atoms with van der Waals surface area (Å²) in [5, 5.41) is 6.43. The lowest BCUT2D eigenvalue weighted by atomic mass is 10.1. The van der Waals surface area contributed by atoms with Gasteiger partial charge in [-0.1, -0.05) is 11.6 Å². The molecule has 5 heteroatoms. The normalized spacial score (nSPS) is 14.4. The number of halogens is 1. The van der Waals surface area contributed by atoms with E-state index in [9.17, 15) is 0 Å². The van der Waals surface area contributed by atoms with E-state index in [-0.39, 0.29) is 24.0 Å². The van der Waals surface area contributed by atoms with Gasteiger partial charge in [-0.05, 0) is 26.7 Å². The summed E-state index contributed by atoms with van der Waals surface area (Å²) in [6.07, 6.45) is 4.29. The van der Waals surface area contributed by atoms with Crippen molar-refractivity contribution in [3.05, 3.63) is 11.6 Å². The largest absolute Gasteiger partial charge is 0.377 e. The SMILES string of the molecule is CCNC(=NCCC1=CCOCC1)NCC.I. The van der Waals surface area contributed by atoms with Crippen LogP contribution in [0, 0.1) is 0 Å². The lowest BCUT2D eigenvalue weighted by molar-refractivity contribution is 0.153. The second-order valence-corrected chi connectivity index (χ2v) is 3.73. The number of nitrogens with one attached hydrogen (secondary N) is 2. The molecule has 0 aromatic carbocycles. The monoisotopic (exact) mass is 353 g/mol. The molecule has 1 heterocycles. The van der Waals surface area contributed by atoms with Crippen LogP contribution in [-0.2, 0) is 4.74 Å². The van der Waals surface area contributed by atoms with Gasteiger partial charge in [0, 0.05) is 19.6 Å². The Hall–Kier alpha value is -0.300. The fraction of sp³-hybridized carbons (Fsp3) is 0.750. The predicted molar refractivity (Wildman–Crippen MR) is 83.2 cm³/mol. The topological polar surface area (TPSA) is 45.7 Å². The summed E-state index contributed by atoms with van der Waals surface area (Å²) < 4.78 is 5.27. The van der Waals surface area contributed by atoms with E-state index in [1.165, 1.54) is 5.57 Å². The third kappa shape index (κ3) is 7.59. The van der Waals surface area contributed by atoms with E-state index in [4.69, 9.17) is 4.74 Å². The van der Waals surface area contributed by atoms with Crippen molar-refractivity contribution in [2.45, 2.75) is 26.7 Å². The molecule has 4 nitrogen and oxygen atoms in total. The standard InChI is InChI=1S/C12H23N3O.HI/c1-3-13-12(14-4-2)15-8-5-11-6-9-16-10-7-11;/h6H,3-5,7-10H2,1-2H3,(H2,13,14,15);1H. The molecule has 1 aliphatic heterocycles. The van der Waals surface area contributed by atoms with Crippen LogP contribution < -0.4 is 10.6 Å². The molecule has 0 fully saturated rings. The van der Waals surface area contributed by atoms with Crippen LogP contribution in [0.4, 0.5) is 0 Å². The van der Waals surface area contributed by atoms with Gasteiger partial charge < -0.3 is 15.4 Å². The van der Waals surface area contributed by atoms with Crippen molar-refractivity contribution in [1.82, 2.24) is 10.6 Å². The van der Waals surface area contributed by atoms with Crippen molar-refractivity contribution in [3.63, 3.8) is 0 Å². The minimum atomic E-state index is 0. The van der Waals surface area contributed by atoms with Crippen molar-refractivity contribution >= 4 is 29.9 Å². The van der Waals surface area contributed by atoms with Crippen LogP contribution in [0.15, 0.2) is 16.6 Å². The quantitative estimate of drug-likeness (QED) is 0.344. The van der Waals surface area contributed by atoms with Crippen LogP contribution in [0.1, 0.15) is 26.7 Å². The number of hydrogen-bond acceptors (Lipinski definition) is 2. The fourth-order valence-electron chi connectivity index (χ4n) is 1.61. The molecule has 0 saturated heterocycles. The molecule has 0 saturated carbocycles. The van der Waals surface area contributed by atoms with Crippen LogP contribution >= 0.6 is 24.0 Å². The van der Waals surface area contributed by atoms with Crippen molar-refractivity contribution in [2.75, 3.05) is 32.8 Å². The van der Waals surface area contributed by atoms with Gasteiger partial charge in [0.2, 0.25) is 0 Å². The number of aliphatic imine (C=N–C) groups is 1. The van der Waals surface area contributed by atoms with Crippen LogP contribution in [-0.4, -0.2) is 38.8 Å². The molecule has 100 valence electrons. The van der Waals surface area contributed by atoms with Gasteiger partial charge in [-0.15, -0.1) is 24.0 Å². The number of hydrogen-bond donors (Lipinski definition) is 2. The van der Waals surface area contributed by atoms with Crippen molar-refractivity contribution in [2.24, 2.45) is 4.99 Å². The Bertz CT molecular complexity index is 246. The molecule has 1 rings (SSSR count). The van der Waals surface area contributed by atoms with Gasteiger partial charge in [-0.25, -0.2) is 0 Å². The molecule has 17 heavy (non-hydrogen) atoms. The zero-order chi connectivity index (χ0) is 11.6. The maximum Gasteiger partial charge on any atom is 0.191 e. The number of guanidine groups is 1. The Morgan fingerprint density at radius 3 is 2.59 bits per heavy atom. The Labute approximate surface area is 121 Å². The highest BCUT2D eigenvalue weighted by Gasteiger charge is 2.02. The van der Waals surface area contributed by atoms with Crippen molar-refractivity contribution in [1.29, 1.82) is 0 Å². The molecule has 0 radical (unpaired) electrons. The van der Waals surface area contributed by atoms with E-state index in [2.05, 4.69) is 35.5 Å². The first-order valence-electron chi connectivity index (χ1n) is 6.14. The summed E-state index contributed by atoms with van der Waals surface area (Å²) in [5.74, 6) is 0.914. The molecule has 2 N–H and O–H groups in total. The van der Waals surface area contributed by atoms with Crippen LogP contribution in [0.3, 0.4) is 0 Å². The first kappa shape index (κ1) is 16.7. The van der Waals surface area contributed by atoms with E-state index >= 15 is 0 Å². The van der Waals surface area contributed by atoms with Crippen LogP contribution in [0.25, 0.3) is 0 Å². The second-order valence-electron chi connectivity index (χ2n) is 3.73. The molecule has 0 unspecified atom stereocenters. The minimum Gasteiger partial charge on any atom is -0.377 e. The lowest BCUT2D eigenvalue weighted by Gasteiger charge is -2.13. The summed E-state index contributed by atoms with van der Waals surface area (Å²) in [6.45, 7) is 8.45. The van der Waals surface area contributed by atoms with Gasteiger partial charge in [0.25, 0.3) is 0 Å². The maximum atomic E-state index is 5.27. The van der Waals surface area contributed by atoms with E-state index in [1.807, 2.05) is 0 Å². The molecule has 1 aliphatic rings. The molecule has 0 aliphatic carbocycles. The lowest BCUT2D eigenvalue weighted by Crippen LogP contribution is -2.37. The van der Waals surface area contributed by atoms with E-state index in [1.54, 1.807) is 0 Å². The zero-order valence-electron chi connectivity index (χ0n) is 10.8. The van der Waals surface area contributed by atoms with Gasteiger partial charge in [0.1, 0.15) is 0 Å². The van der Waals surface area contributed by atoms with E-state index in [0.29, 0.717) is 0 Å². The Balaban J connectivity index is 0.00000256. The first-order chi connectivity index (χ1) is 7.86. The van der Waals surface area contributed by atoms with Gasteiger partial charge in [-0.2, -0.15) is 0 Å². The smallest absolute Gasteiger partial charge is 0.191 e. The van der Waals surface area contributed by atoms with Crippen molar-refractivity contribution < 1.29 is 4.74 Å². The average molecular weight is 353 g/mol. The fourth-order valence-corrected chi connectivity index (χ4v) is 1.61. The highest BCUT2D eigenvalue weighted by atomic mass is 127. The zero-order valence-corrected chi connectivity index (χ0v) is 13.1. The molecule has 0 aromatic rings. The number of rotatable bonds is 5. The van der Waals surface area contributed by atoms with Crippen molar-refractivity contribution in [3.8, 4) is 0 Å². The summed E-state index contributed by atoms with van der Waals surface area (Å²) in [5.41, 5.74) is 1.47. The summed E-state index contributed by atoms with van der Waals surface area (Å²) in [6, 6.07) is 0. The molecular weight excluding hydrogens is 329 g/mol. The Kier molecular flexibility index (Phi) is 10.6. The third-order valence-electron chi connectivity index (χ3n) is 2.45. The Morgan fingerprint density at radius 1 is 1.35 bits per heavy atom. The molecule has 0 amide bonds. The summed E-state index contributed by atoms with van der Waals surface area (Å²) >= 11 is 0. The molecular formula is C12H24IN3O.